The third-order valence-electron chi connectivity index (χ3n) is 9.67. The van der Waals surface area contributed by atoms with Gasteiger partial charge in [0.25, 0.3) is 0 Å². The largest absolute Gasteiger partial charge is 0.342 e. The Morgan fingerprint density at radius 3 is 2.33 bits per heavy atom. The summed E-state index contributed by atoms with van der Waals surface area (Å²) in [5.74, 6) is -1.62. The summed E-state index contributed by atoms with van der Waals surface area (Å²) in [4.78, 5) is 23.0. The summed E-state index contributed by atoms with van der Waals surface area (Å²) in [6, 6.07) is 9.22. The molecule has 3 aliphatic heterocycles. The summed E-state index contributed by atoms with van der Waals surface area (Å²) in [6.45, 7) is 14.7. The summed E-state index contributed by atoms with van der Waals surface area (Å²) in [5, 5.41) is 0. The summed E-state index contributed by atoms with van der Waals surface area (Å²) < 4.78 is 43.5. The van der Waals surface area contributed by atoms with Crippen LogP contribution in [0.4, 0.5) is 13.2 Å². The zero-order valence-corrected chi connectivity index (χ0v) is 25.8. The van der Waals surface area contributed by atoms with Crippen LogP contribution in [0.3, 0.4) is 0 Å². The molecule has 1 amide bonds. The molecular weight excluding hydrogens is 535 g/mol. The van der Waals surface area contributed by atoms with Crippen molar-refractivity contribution in [2.24, 2.45) is 22.7 Å². The molecule has 5 rings (SSSR count). The van der Waals surface area contributed by atoms with Crippen LogP contribution < -0.4 is 0 Å². The van der Waals surface area contributed by atoms with Crippen LogP contribution in [0.5, 0.6) is 0 Å². The van der Waals surface area contributed by atoms with Crippen LogP contribution in [0.2, 0.25) is 0 Å². The SMILES string of the molecule is CC1=NC(C)C(Cc2ccc(C)cc2F)C(C2CCN(C(=O)C3CN(C(C)(C)C)CC3c3ccc(F)cc3F)CC2)=C1. The Labute approximate surface area is 248 Å². The van der Waals surface area contributed by atoms with Crippen LogP contribution in [-0.2, 0) is 11.2 Å². The summed E-state index contributed by atoms with van der Waals surface area (Å²) in [5.41, 5.74) is 4.17. The molecule has 2 saturated heterocycles. The van der Waals surface area contributed by atoms with E-state index in [1.807, 2.05) is 30.9 Å². The third kappa shape index (κ3) is 6.36. The number of piperidine rings is 1. The Morgan fingerprint density at radius 2 is 1.69 bits per heavy atom. The highest BCUT2D eigenvalue weighted by atomic mass is 19.1. The van der Waals surface area contributed by atoms with Gasteiger partial charge in [-0.2, -0.15) is 0 Å². The van der Waals surface area contributed by atoms with Crippen molar-refractivity contribution < 1.29 is 18.0 Å². The molecule has 0 spiro atoms. The molecule has 0 N–H and O–H groups in total. The first-order valence-corrected chi connectivity index (χ1v) is 15.3. The molecular formula is C35H44F3N3O. The van der Waals surface area contributed by atoms with Gasteiger partial charge in [0.05, 0.1) is 12.0 Å². The first-order chi connectivity index (χ1) is 19.8. The second-order valence-electron chi connectivity index (χ2n) is 13.6. The molecule has 7 heteroatoms. The van der Waals surface area contributed by atoms with Crippen LogP contribution in [0, 0.1) is 42.1 Å². The summed E-state index contributed by atoms with van der Waals surface area (Å²) >= 11 is 0. The van der Waals surface area contributed by atoms with Crippen molar-refractivity contribution in [1.29, 1.82) is 0 Å². The number of dihydropyridines is 1. The number of halogens is 3. The minimum Gasteiger partial charge on any atom is -0.342 e. The second-order valence-corrected chi connectivity index (χ2v) is 13.6. The molecule has 0 aliphatic carbocycles. The highest BCUT2D eigenvalue weighted by Crippen LogP contribution is 2.41. The highest BCUT2D eigenvalue weighted by molar-refractivity contribution is 5.94. The average molecular weight is 580 g/mol. The van der Waals surface area contributed by atoms with E-state index in [-0.39, 0.29) is 41.1 Å². The van der Waals surface area contributed by atoms with Gasteiger partial charge in [0.2, 0.25) is 5.91 Å². The number of nitrogens with zero attached hydrogens (tertiary/aromatic N) is 3. The number of allylic oxidation sites excluding steroid dienone is 1. The van der Waals surface area contributed by atoms with E-state index in [4.69, 9.17) is 4.99 Å². The molecule has 0 aromatic heterocycles. The van der Waals surface area contributed by atoms with Gasteiger partial charge in [0, 0.05) is 55.3 Å². The minimum atomic E-state index is -0.609. The lowest BCUT2D eigenvalue weighted by Crippen LogP contribution is -2.45. The number of hydrogen-bond donors (Lipinski definition) is 0. The van der Waals surface area contributed by atoms with Gasteiger partial charge in [0.1, 0.15) is 17.5 Å². The molecule has 4 nitrogen and oxygen atoms in total. The van der Waals surface area contributed by atoms with Crippen LogP contribution >= 0.6 is 0 Å². The summed E-state index contributed by atoms with van der Waals surface area (Å²) in [7, 11) is 0. The number of hydrogen-bond acceptors (Lipinski definition) is 3. The number of benzene rings is 2. The predicted molar refractivity (Wildman–Crippen MR) is 162 cm³/mol. The number of carbonyl (C=O) groups is 1. The van der Waals surface area contributed by atoms with Crippen LogP contribution in [0.25, 0.3) is 0 Å². The maximum atomic E-state index is 14.9. The second kappa shape index (κ2) is 12.0. The third-order valence-corrected chi connectivity index (χ3v) is 9.67. The van der Waals surface area contributed by atoms with Gasteiger partial charge in [-0.3, -0.25) is 14.7 Å². The van der Waals surface area contributed by atoms with Crippen molar-refractivity contribution in [1.82, 2.24) is 9.80 Å². The van der Waals surface area contributed by atoms with Crippen molar-refractivity contribution >= 4 is 11.6 Å². The molecule has 2 aromatic carbocycles. The number of carbonyl (C=O) groups excluding carboxylic acids is 1. The van der Waals surface area contributed by atoms with E-state index >= 15 is 0 Å². The number of amides is 1. The van der Waals surface area contributed by atoms with Gasteiger partial charge in [-0.1, -0.05) is 23.8 Å². The van der Waals surface area contributed by atoms with E-state index in [0.29, 0.717) is 44.1 Å². The number of rotatable bonds is 5. The Morgan fingerprint density at radius 1 is 0.976 bits per heavy atom. The van der Waals surface area contributed by atoms with Gasteiger partial charge in [-0.15, -0.1) is 0 Å². The van der Waals surface area contributed by atoms with Crippen molar-refractivity contribution in [3.63, 3.8) is 0 Å². The molecule has 2 aromatic rings. The van der Waals surface area contributed by atoms with E-state index < -0.39 is 11.6 Å². The highest BCUT2D eigenvalue weighted by Gasteiger charge is 2.45. The lowest BCUT2D eigenvalue weighted by Gasteiger charge is -2.39. The van der Waals surface area contributed by atoms with Crippen molar-refractivity contribution in [3.05, 3.63) is 82.2 Å². The zero-order valence-electron chi connectivity index (χ0n) is 25.8. The summed E-state index contributed by atoms with van der Waals surface area (Å²) in [6.07, 6.45) is 4.45. The molecule has 0 radical (unpaired) electrons. The standard InChI is InChI=1S/C35H44F3N3O/c1-21-7-8-25(32(37)15-21)17-28-23(3)39-22(2)16-29(28)24-11-13-40(14-12-24)34(42)31-20-41(35(4,5)6)19-30(31)27-10-9-26(36)18-33(27)38/h7-10,15-16,18,23-24,28,30-31H,11-14,17,19-20H2,1-6H3. The number of aliphatic imine (C=N–C) groups is 1. The van der Waals surface area contributed by atoms with E-state index in [1.165, 1.54) is 17.7 Å². The van der Waals surface area contributed by atoms with E-state index in [1.54, 1.807) is 6.07 Å². The molecule has 226 valence electrons. The fourth-order valence-electron chi connectivity index (χ4n) is 7.23. The Hall–Kier alpha value is -2.93. The van der Waals surface area contributed by atoms with E-state index in [9.17, 15) is 18.0 Å². The Balaban J connectivity index is 1.32. The van der Waals surface area contributed by atoms with Gasteiger partial charge in [-0.25, -0.2) is 13.2 Å². The van der Waals surface area contributed by atoms with Crippen molar-refractivity contribution in [2.45, 2.75) is 78.3 Å². The van der Waals surface area contributed by atoms with Crippen LogP contribution in [0.15, 0.2) is 53.0 Å². The van der Waals surface area contributed by atoms with Gasteiger partial charge < -0.3 is 4.90 Å². The maximum absolute atomic E-state index is 14.9. The van der Waals surface area contributed by atoms with Crippen LogP contribution in [0.1, 0.15) is 70.1 Å². The fraction of sp³-hybridized carbons (Fsp3) is 0.543. The molecule has 2 fully saturated rings. The zero-order chi connectivity index (χ0) is 30.3. The first-order valence-electron chi connectivity index (χ1n) is 15.3. The molecule has 0 bridgehead atoms. The topological polar surface area (TPSA) is 35.9 Å². The molecule has 4 unspecified atom stereocenters. The Bertz CT molecular complexity index is 1390. The molecule has 42 heavy (non-hydrogen) atoms. The van der Waals surface area contributed by atoms with Gasteiger partial charge in [-0.05, 0) is 102 Å². The van der Waals surface area contributed by atoms with E-state index in [2.05, 4.69) is 38.7 Å². The molecule has 3 aliphatic rings. The minimum absolute atomic E-state index is 0.0518. The van der Waals surface area contributed by atoms with Crippen LogP contribution in [-0.4, -0.2) is 59.2 Å². The lowest BCUT2D eigenvalue weighted by atomic mass is 9.74. The average Bonchev–Trinajstić information content (AvgIpc) is 3.37. The fourth-order valence-corrected chi connectivity index (χ4v) is 7.23. The van der Waals surface area contributed by atoms with Gasteiger partial charge in [0.15, 0.2) is 0 Å². The normalized spacial score (nSPS) is 25.9. The van der Waals surface area contributed by atoms with E-state index in [0.717, 1.165) is 35.7 Å². The smallest absolute Gasteiger partial charge is 0.227 e. The predicted octanol–water partition coefficient (Wildman–Crippen LogP) is 7.11. The molecule has 4 atom stereocenters. The lowest BCUT2D eigenvalue weighted by molar-refractivity contribution is -0.137. The van der Waals surface area contributed by atoms with Crippen molar-refractivity contribution in [3.8, 4) is 0 Å². The first kappa shape index (κ1) is 30.5. The number of aryl methyl sites for hydroxylation is 1. The number of likely N-dealkylation sites (tertiary alicyclic amines) is 2. The van der Waals surface area contributed by atoms with Gasteiger partial charge >= 0.3 is 0 Å². The van der Waals surface area contributed by atoms with Crippen molar-refractivity contribution in [2.75, 3.05) is 26.2 Å². The molecule has 0 saturated carbocycles. The quantitative estimate of drug-likeness (QED) is 0.378. The maximum Gasteiger partial charge on any atom is 0.227 e. The molecule has 3 heterocycles. The Kier molecular flexibility index (Phi) is 8.71. The monoisotopic (exact) mass is 579 g/mol.